The molecular formula is C17H22ClN3OS. The van der Waals surface area contributed by atoms with E-state index in [-0.39, 0.29) is 5.41 Å². The summed E-state index contributed by atoms with van der Waals surface area (Å²) in [5.41, 5.74) is 0.183. The van der Waals surface area contributed by atoms with Gasteiger partial charge in [0.2, 0.25) is 5.13 Å². The second-order valence-corrected chi connectivity index (χ2v) is 8.56. The van der Waals surface area contributed by atoms with Crippen LogP contribution in [0.1, 0.15) is 44.2 Å². The number of piperidine rings is 1. The van der Waals surface area contributed by atoms with Gasteiger partial charge in [-0.05, 0) is 30.5 Å². The first-order valence-electron chi connectivity index (χ1n) is 7.85. The largest absolute Gasteiger partial charge is 0.385 e. The Balaban J connectivity index is 1.70. The van der Waals surface area contributed by atoms with E-state index in [0.717, 1.165) is 28.8 Å². The Kier molecular flexibility index (Phi) is 4.38. The van der Waals surface area contributed by atoms with Crippen molar-refractivity contribution in [1.82, 2.24) is 10.2 Å². The Labute approximate surface area is 146 Å². The number of benzene rings is 1. The molecule has 4 nitrogen and oxygen atoms in total. The Morgan fingerprint density at radius 3 is 2.26 bits per heavy atom. The number of hydrogen-bond acceptors (Lipinski definition) is 5. The Morgan fingerprint density at radius 1 is 1.13 bits per heavy atom. The predicted molar refractivity (Wildman–Crippen MR) is 95.4 cm³/mol. The van der Waals surface area contributed by atoms with Crippen molar-refractivity contribution in [3.63, 3.8) is 0 Å². The van der Waals surface area contributed by atoms with Gasteiger partial charge in [0.25, 0.3) is 0 Å². The van der Waals surface area contributed by atoms with Crippen LogP contribution in [0.4, 0.5) is 5.13 Å². The fourth-order valence-corrected chi connectivity index (χ4v) is 3.84. The van der Waals surface area contributed by atoms with Gasteiger partial charge in [0.15, 0.2) is 0 Å². The molecule has 1 aromatic heterocycles. The maximum Gasteiger partial charge on any atom is 0.208 e. The molecule has 124 valence electrons. The van der Waals surface area contributed by atoms with Gasteiger partial charge >= 0.3 is 0 Å². The molecule has 0 radical (unpaired) electrons. The third-order valence-corrected chi connectivity index (χ3v) is 5.96. The van der Waals surface area contributed by atoms with E-state index in [2.05, 4.69) is 35.9 Å². The predicted octanol–water partition coefficient (Wildman–Crippen LogP) is 3.98. The second kappa shape index (κ2) is 6.04. The molecule has 2 heterocycles. The van der Waals surface area contributed by atoms with Crippen LogP contribution in [-0.2, 0) is 11.0 Å². The third-order valence-electron chi connectivity index (χ3n) is 4.30. The highest BCUT2D eigenvalue weighted by atomic mass is 35.5. The average Bonchev–Trinajstić information content (AvgIpc) is 2.98. The zero-order valence-corrected chi connectivity index (χ0v) is 15.3. The SMILES string of the molecule is CC(C)(C)c1nnc(N2CCC(O)(c3ccc(Cl)cc3)CC2)s1. The molecule has 6 heteroatoms. The lowest BCUT2D eigenvalue weighted by Gasteiger charge is -2.38. The van der Waals surface area contributed by atoms with Gasteiger partial charge in [0.05, 0.1) is 5.60 Å². The van der Waals surface area contributed by atoms with Crippen molar-refractivity contribution < 1.29 is 5.11 Å². The minimum absolute atomic E-state index is 0.0236. The summed E-state index contributed by atoms with van der Waals surface area (Å²) in [7, 11) is 0. The van der Waals surface area contributed by atoms with Crippen LogP contribution in [0.2, 0.25) is 5.02 Å². The molecule has 1 fully saturated rings. The zero-order valence-electron chi connectivity index (χ0n) is 13.7. The number of aliphatic hydroxyl groups is 1. The van der Waals surface area contributed by atoms with Gasteiger partial charge < -0.3 is 10.0 Å². The molecule has 3 rings (SSSR count). The zero-order chi connectivity index (χ0) is 16.7. The molecule has 1 aromatic carbocycles. The van der Waals surface area contributed by atoms with Crippen molar-refractivity contribution in [2.24, 2.45) is 0 Å². The Bertz CT molecular complexity index is 670. The van der Waals surface area contributed by atoms with Crippen LogP contribution in [-0.4, -0.2) is 28.4 Å². The summed E-state index contributed by atoms with van der Waals surface area (Å²) >= 11 is 7.58. The quantitative estimate of drug-likeness (QED) is 0.889. The van der Waals surface area contributed by atoms with Crippen LogP contribution in [0.15, 0.2) is 24.3 Å². The first-order chi connectivity index (χ1) is 10.8. The summed E-state index contributed by atoms with van der Waals surface area (Å²) in [5.74, 6) is 0. The highest BCUT2D eigenvalue weighted by Crippen LogP contribution is 2.37. The Hall–Kier alpha value is -1.17. The topological polar surface area (TPSA) is 49.2 Å². The molecule has 0 spiro atoms. The van der Waals surface area contributed by atoms with Crippen molar-refractivity contribution in [3.05, 3.63) is 39.9 Å². The van der Waals surface area contributed by atoms with Crippen LogP contribution in [0, 0.1) is 0 Å². The van der Waals surface area contributed by atoms with Crippen LogP contribution in [0.25, 0.3) is 0 Å². The molecule has 0 amide bonds. The number of nitrogens with zero attached hydrogens (tertiary/aromatic N) is 3. The van der Waals surface area contributed by atoms with E-state index < -0.39 is 5.60 Å². The van der Waals surface area contributed by atoms with Crippen molar-refractivity contribution in [1.29, 1.82) is 0 Å². The first kappa shape index (κ1) is 16.7. The van der Waals surface area contributed by atoms with Crippen molar-refractivity contribution >= 4 is 28.1 Å². The summed E-state index contributed by atoms with van der Waals surface area (Å²) < 4.78 is 0. The maximum absolute atomic E-state index is 10.9. The number of rotatable bonds is 2. The standard InChI is InChI=1S/C17H22ClN3OS/c1-16(2,3)14-19-20-15(23-14)21-10-8-17(22,9-11-21)12-4-6-13(18)7-5-12/h4-7,22H,8-11H2,1-3H3. The van der Waals surface area contributed by atoms with Gasteiger partial charge in [0, 0.05) is 23.5 Å². The third kappa shape index (κ3) is 3.52. The average molecular weight is 352 g/mol. The lowest BCUT2D eigenvalue weighted by atomic mass is 9.84. The van der Waals surface area contributed by atoms with Crippen molar-refractivity contribution in [2.75, 3.05) is 18.0 Å². The van der Waals surface area contributed by atoms with Crippen molar-refractivity contribution in [3.8, 4) is 0 Å². The van der Waals surface area contributed by atoms with Gasteiger partial charge in [-0.3, -0.25) is 0 Å². The molecule has 23 heavy (non-hydrogen) atoms. The van der Waals surface area contributed by atoms with Crippen LogP contribution in [0.5, 0.6) is 0 Å². The van der Waals surface area contributed by atoms with Crippen molar-refractivity contribution in [2.45, 2.75) is 44.6 Å². The van der Waals surface area contributed by atoms with Crippen LogP contribution >= 0.6 is 22.9 Å². The van der Waals surface area contributed by atoms with E-state index in [4.69, 9.17) is 11.6 Å². The van der Waals surface area contributed by atoms with Gasteiger partial charge in [-0.25, -0.2) is 0 Å². The number of halogens is 1. The minimum Gasteiger partial charge on any atom is -0.385 e. The van der Waals surface area contributed by atoms with Gasteiger partial charge in [-0.2, -0.15) is 0 Å². The summed E-state index contributed by atoms with van der Waals surface area (Å²) in [5, 5.41) is 22.3. The highest BCUT2D eigenvalue weighted by molar-refractivity contribution is 7.15. The molecule has 0 saturated carbocycles. The molecule has 0 aliphatic carbocycles. The van der Waals surface area contributed by atoms with E-state index in [1.54, 1.807) is 11.3 Å². The molecule has 1 N–H and O–H groups in total. The first-order valence-corrected chi connectivity index (χ1v) is 9.05. The van der Waals surface area contributed by atoms with E-state index in [9.17, 15) is 5.11 Å². The van der Waals surface area contributed by atoms with Gasteiger partial charge in [0.1, 0.15) is 5.01 Å². The fourth-order valence-electron chi connectivity index (χ4n) is 2.76. The molecular weight excluding hydrogens is 330 g/mol. The lowest BCUT2D eigenvalue weighted by molar-refractivity contribution is 0.0117. The lowest BCUT2D eigenvalue weighted by Crippen LogP contribution is -2.42. The normalized spacial score (nSPS) is 18.2. The minimum atomic E-state index is -0.779. The maximum atomic E-state index is 10.9. The summed E-state index contributed by atoms with van der Waals surface area (Å²) in [6.07, 6.45) is 1.36. The van der Waals surface area contributed by atoms with Crippen LogP contribution < -0.4 is 4.90 Å². The van der Waals surface area contributed by atoms with Gasteiger partial charge in [-0.15, -0.1) is 10.2 Å². The molecule has 1 aliphatic rings. The molecule has 2 aromatic rings. The van der Waals surface area contributed by atoms with E-state index in [0.29, 0.717) is 17.9 Å². The number of hydrogen-bond donors (Lipinski definition) is 1. The molecule has 0 bridgehead atoms. The molecule has 1 aliphatic heterocycles. The summed E-state index contributed by atoms with van der Waals surface area (Å²) in [4.78, 5) is 2.22. The number of anilines is 1. The molecule has 1 saturated heterocycles. The van der Waals surface area contributed by atoms with Crippen LogP contribution in [0.3, 0.4) is 0 Å². The monoisotopic (exact) mass is 351 g/mol. The van der Waals surface area contributed by atoms with E-state index in [1.807, 2.05) is 24.3 Å². The Morgan fingerprint density at radius 2 is 1.74 bits per heavy atom. The number of aromatic nitrogens is 2. The fraction of sp³-hybridized carbons (Fsp3) is 0.529. The van der Waals surface area contributed by atoms with Gasteiger partial charge in [-0.1, -0.05) is 55.8 Å². The van der Waals surface area contributed by atoms with E-state index >= 15 is 0 Å². The molecule has 0 atom stereocenters. The van der Waals surface area contributed by atoms with E-state index in [1.165, 1.54) is 0 Å². The molecule has 0 unspecified atom stereocenters. The smallest absolute Gasteiger partial charge is 0.208 e. The second-order valence-electron chi connectivity index (χ2n) is 7.17. The summed E-state index contributed by atoms with van der Waals surface area (Å²) in [6.45, 7) is 7.99. The highest BCUT2D eigenvalue weighted by Gasteiger charge is 2.35. The summed E-state index contributed by atoms with van der Waals surface area (Å²) in [6, 6.07) is 7.50.